The van der Waals surface area contributed by atoms with E-state index in [2.05, 4.69) is 0 Å². The number of carbonyl (C=O) groups is 1. The first-order chi connectivity index (χ1) is 8.11. The van der Waals surface area contributed by atoms with Crippen molar-refractivity contribution in [2.75, 3.05) is 13.1 Å². The van der Waals surface area contributed by atoms with Gasteiger partial charge in [-0.2, -0.15) is 0 Å². The molecule has 1 aromatic heterocycles. The largest absolute Gasteiger partial charge is 0.337 e. The van der Waals surface area contributed by atoms with Crippen molar-refractivity contribution in [3.63, 3.8) is 0 Å². The van der Waals surface area contributed by atoms with Gasteiger partial charge in [0, 0.05) is 37.9 Å². The van der Waals surface area contributed by atoms with Crippen LogP contribution >= 0.6 is 0 Å². The van der Waals surface area contributed by atoms with Gasteiger partial charge in [0.05, 0.1) is 5.56 Å². The van der Waals surface area contributed by atoms with Crippen LogP contribution in [0, 0.1) is 0 Å². The van der Waals surface area contributed by atoms with Crippen LogP contribution in [0.2, 0.25) is 0 Å². The van der Waals surface area contributed by atoms with Gasteiger partial charge in [-0.25, -0.2) is 0 Å². The van der Waals surface area contributed by atoms with E-state index in [1.165, 1.54) is 10.6 Å². The molecule has 1 aliphatic rings. The summed E-state index contributed by atoms with van der Waals surface area (Å²) in [6.45, 7) is 3.75. The molecule has 0 radical (unpaired) electrons. The fourth-order valence-corrected chi connectivity index (χ4v) is 2.06. The lowest BCUT2D eigenvalue weighted by molar-refractivity contribution is 0.0790. The second kappa shape index (κ2) is 4.71. The molecule has 1 atom stereocenters. The zero-order valence-corrected chi connectivity index (χ0v) is 9.93. The Morgan fingerprint density at radius 2 is 2.29 bits per heavy atom. The predicted molar refractivity (Wildman–Crippen MR) is 64.9 cm³/mol. The normalized spacial score (nSPS) is 19.6. The van der Waals surface area contributed by atoms with Gasteiger partial charge < -0.3 is 15.2 Å². The first kappa shape index (κ1) is 11.9. The summed E-state index contributed by atoms with van der Waals surface area (Å²) in [6.07, 6.45) is 2.47. The van der Waals surface area contributed by atoms with E-state index in [9.17, 15) is 9.59 Å². The van der Waals surface area contributed by atoms with Crippen molar-refractivity contribution in [3.05, 3.63) is 34.2 Å². The fourth-order valence-electron chi connectivity index (χ4n) is 2.06. The molecule has 1 amide bonds. The first-order valence-electron chi connectivity index (χ1n) is 5.87. The van der Waals surface area contributed by atoms with Crippen LogP contribution in [0.1, 0.15) is 23.7 Å². The molecule has 92 valence electrons. The molecule has 1 saturated heterocycles. The quantitative estimate of drug-likeness (QED) is 0.787. The molecule has 0 saturated carbocycles. The van der Waals surface area contributed by atoms with E-state index < -0.39 is 0 Å². The predicted octanol–water partition coefficient (Wildman–Crippen LogP) is 0.0414. The van der Waals surface area contributed by atoms with Gasteiger partial charge >= 0.3 is 0 Å². The Bertz CT molecular complexity index is 481. The Morgan fingerprint density at radius 3 is 2.88 bits per heavy atom. The van der Waals surface area contributed by atoms with Gasteiger partial charge in [-0.1, -0.05) is 0 Å². The molecular weight excluding hydrogens is 218 g/mol. The second-order valence-corrected chi connectivity index (χ2v) is 4.34. The van der Waals surface area contributed by atoms with Gasteiger partial charge in [-0.3, -0.25) is 9.59 Å². The molecule has 0 aliphatic carbocycles. The van der Waals surface area contributed by atoms with Gasteiger partial charge in [0.1, 0.15) is 0 Å². The molecule has 17 heavy (non-hydrogen) atoms. The maximum atomic E-state index is 12.1. The summed E-state index contributed by atoms with van der Waals surface area (Å²) in [6, 6.07) is 3.10. The third-order valence-electron chi connectivity index (χ3n) is 3.08. The molecule has 0 aromatic carbocycles. The lowest BCUT2D eigenvalue weighted by Gasteiger charge is -2.16. The van der Waals surface area contributed by atoms with Crippen molar-refractivity contribution in [2.45, 2.75) is 25.9 Å². The van der Waals surface area contributed by atoms with Gasteiger partial charge in [-0.05, 0) is 19.4 Å². The molecular formula is C12H17N3O2. The average Bonchev–Trinajstić information content (AvgIpc) is 2.75. The maximum Gasteiger partial charge on any atom is 0.255 e. The van der Waals surface area contributed by atoms with Crippen LogP contribution in [0.3, 0.4) is 0 Å². The van der Waals surface area contributed by atoms with Crippen LogP contribution in [-0.2, 0) is 6.54 Å². The smallest absolute Gasteiger partial charge is 0.255 e. The monoisotopic (exact) mass is 235 g/mol. The number of aromatic nitrogens is 1. The summed E-state index contributed by atoms with van der Waals surface area (Å²) in [7, 11) is 0. The highest BCUT2D eigenvalue weighted by atomic mass is 16.2. The van der Waals surface area contributed by atoms with Crippen LogP contribution in [0.5, 0.6) is 0 Å². The molecule has 2 N–H and O–H groups in total. The van der Waals surface area contributed by atoms with Crippen LogP contribution in [0.25, 0.3) is 0 Å². The highest BCUT2D eigenvalue weighted by Gasteiger charge is 2.24. The number of rotatable bonds is 2. The number of nitrogens with two attached hydrogens (primary N) is 1. The molecule has 0 spiro atoms. The van der Waals surface area contributed by atoms with E-state index >= 15 is 0 Å². The number of likely N-dealkylation sites (tertiary alicyclic amines) is 1. The van der Waals surface area contributed by atoms with Crippen LogP contribution < -0.4 is 11.3 Å². The zero-order chi connectivity index (χ0) is 12.4. The van der Waals surface area contributed by atoms with Gasteiger partial charge in [0.15, 0.2) is 0 Å². The summed E-state index contributed by atoms with van der Waals surface area (Å²) in [5.41, 5.74) is 6.25. The number of aryl methyl sites for hydroxylation is 1. The Hall–Kier alpha value is -1.62. The van der Waals surface area contributed by atoms with E-state index in [0.717, 1.165) is 6.42 Å². The molecule has 2 rings (SSSR count). The van der Waals surface area contributed by atoms with Crippen molar-refractivity contribution in [2.24, 2.45) is 5.73 Å². The minimum absolute atomic E-state index is 0.0415. The minimum Gasteiger partial charge on any atom is -0.337 e. The molecule has 5 nitrogen and oxygen atoms in total. The Labute approximate surface area is 99.8 Å². The number of carbonyl (C=O) groups excluding carboxylic acids is 1. The highest BCUT2D eigenvalue weighted by molar-refractivity contribution is 5.94. The van der Waals surface area contributed by atoms with Crippen molar-refractivity contribution in [1.82, 2.24) is 9.47 Å². The van der Waals surface area contributed by atoms with Crippen molar-refractivity contribution in [3.8, 4) is 0 Å². The maximum absolute atomic E-state index is 12.1. The molecule has 1 unspecified atom stereocenters. The van der Waals surface area contributed by atoms with E-state index in [4.69, 9.17) is 5.73 Å². The molecule has 0 bridgehead atoms. The molecule has 1 aromatic rings. The average molecular weight is 235 g/mol. The standard InChI is InChI=1S/C12H17N3O2/c1-2-14-7-9(3-4-11(14)16)12(17)15-6-5-10(13)8-15/h3-4,7,10H,2,5-6,8,13H2,1H3. The fraction of sp³-hybridized carbons (Fsp3) is 0.500. The third-order valence-corrected chi connectivity index (χ3v) is 3.08. The van der Waals surface area contributed by atoms with Gasteiger partial charge in [0.2, 0.25) is 0 Å². The number of amides is 1. The third kappa shape index (κ3) is 2.39. The summed E-state index contributed by atoms with van der Waals surface area (Å²) in [5, 5.41) is 0. The minimum atomic E-state index is -0.0813. The second-order valence-electron chi connectivity index (χ2n) is 4.34. The number of nitrogens with zero attached hydrogens (tertiary/aromatic N) is 2. The number of hydrogen-bond acceptors (Lipinski definition) is 3. The molecule has 1 aliphatic heterocycles. The van der Waals surface area contributed by atoms with Crippen molar-refractivity contribution < 1.29 is 4.79 Å². The summed E-state index contributed by atoms with van der Waals surface area (Å²) in [5.74, 6) is -0.0415. The highest BCUT2D eigenvalue weighted by Crippen LogP contribution is 2.11. The topological polar surface area (TPSA) is 68.3 Å². The van der Waals surface area contributed by atoms with Crippen LogP contribution in [0.4, 0.5) is 0 Å². The molecule has 1 fully saturated rings. The van der Waals surface area contributed by atoms with Gasteiger partial charge in [0.25, 0.3) is 11.5 Å². The Morgan fingerprint density at radius 1 is 1.53 bits per heavy atom. The summed E-state index contributed by atoms with van der Waals surface area (Å²) >= 11 is 0. The van der Waals surface area contributed by atoms with E-state index in [1.807, 2.05) is 6.92 Å². The lowest BCUT2D eigenvalue weighted by Crippen LogP contribution is -2.32. The molecule has 5 heteroatoms. The SMILES string of the molecule is CCn1cc(C(=O)N2CCC(N)C2)ccc1=O. The zero-order valence-electron chi connectivity index (χ0n) is 9.93. The van der Waals surface area contributed by atoms with Crippen LogP contribution in [-0.4, -0.2) is 34.5 Å². The van der Waals surface area contributed by atoms with E-state index in [-0.39, 0.29) is 17.5 Å². The molecule has 2 heterocycles. The summed E-state index contributed by atoms with van der Waals surface area (Å²) < 4.78 is 1.53. The lowest BCUT2D eigenvalue weighted by atomic mass is 10.2. The number of pyridine rings is 1. The Balaban J connectivity index is 2.22. The van der Waals surface area contributed by atoms with Crippen molar-refractivity contribution in [1.29, 1.82) is 0 Å². The van der Waals surface area contributed by atoms with Gasteiger partial charge in [-0.15, -0.1) is 0 Å². The van der Waals surface area contributed by atoms with E-state index in [0.29, 0.717) is 25.2 Å². The van der Waals surface area contributed by atoms with Crippen LogP contribution in [0.15, 0.2) is 23.1 Å². The van der Waals surface area contributed by atoms with E-state index in [1.54, 1.807) is 17.2 Å². The number of hydrogen-bond donors (Lipinski definition) is 1. The van der Waals surface area contributed by atoms with Crippen molar-refractivity contribution >= 4 is 5.91 Å². The Kier molecular flexibility index (Phi) is 3.28. The first-order valence-corrected chi connectivity index (χ1v) is 5.87. The summed E-state index contributed by atoms with van der Waals surface area (Å²) in [4.78, 5) is 25.3.